The minimum atomic E-state index is -0.0327. The fourth-order valence-corrected chi connectivity index (χ4v) is 1.97. The van der Waals surface area contributed by atoms with Crippen LogP contribution in [0.3, 0.4) is 0 Å². The highest BCUT2D eigenvalue weighted by Crippen LogP contribution is 2.39. The molecule has 1 heterocycles. The molecule has 110 valence electrons. The summed E-state index contributed by atoms with van der Waals surface area (Å²) in [5.41, 5.74) is 0.626. The number of methoxy groups -OCH3 is 1. The molecule has 0 aliphatic rings. The summed E-state index contributed by atoms with van der Waals surface area (Å²) in [5.74, 6) is 1.55. The summed E-state index contributed by atoms with van der Waals surface area (Å²) in [6.07, 6.45) is 0.0292. The molecule has 1 aromatic heterocycles. The van der Waals surface area contributed by atoms with Crippen molar-refractivity contribution in [2.75, 3.05) is 7.11 Å². The Morgan fingerprint density at radius 1 is 1.43 bits per heavy atom. The number of nitrogens with zero attached hydrogens (tertiary/aromatic N) is 3. The molecular formula is C14H14ClN3O3. The van der Waals surface area contributed by atoms with Gasteiger partial charge in [-0.2, -0.15) is 10.2 Å². The zero-order valence-corrected chi connectivity index (χ0v) is 12.6. The molecule has 1 aromatic carbocycles. The van der Waals surface area contributed by atoms with Crippen LogP contribution in [0.4, 0.5) is 0 Å². The quantitative estimate of drug-likeness (QED) is 0.843. The van der Waals surface area contributed by atoms with E-state index in [0.29, 0.717) is 27.9 Å². The lowest BCUT2D eigenvalue weighted by Crippen LogP contribution is -2.07. The summed E-state index contributed by atoms with van der Waals surface area (Å²) in [4.78, 5) is 4.12. The Balaban J connectivity index is 2.41. The zero-order chi connectivity index (χ0) is 15.4. The third-order valence-electron chi connectivity index (χ3n) is 2.54. The molecule has 0 unspecified atom stereocenters. The standard InChI is InChI=1S/C14H14ClN3O3/c1-8(2)20-13-10(15)6-9(7-11(13)19-3)14-17-12(4-5-16)21-18-14/h6-8H,4H2,1-3H3. The van der Waals surface area contributed by atoms with Crippen molar-refractivity contribution in [3.63, 3.8) is 0 Å². The Labute approximate surface area is 127 Å². The molecule has 6 nitrogen and oxygen atoms in total. The first-order chi connectivity index (χ1) is 10.0. The van der Waals surface area contributed by atoms with Crippen molar-refractivity contribution in [2.24, 2.45) is 0 Å². The van der Waals surface area contributed by atoms with Crippen molar-refractivity contribution in [3.05, 3.63) is 23.0 Å². The van der Waals surface area contributed by atoms with Crippen LogP contribution < -0.4 is 9.47 Å². The minimum Gasteiger partial charge on any atom is -0.493 e. The van der Waals surface area contributed by atoms with Crippen LogP contribution in [-0.4, -0.2) is 23.4 Å². The molecule has 2 aromatic rings. The van der Waals surface area contributed by atoms with Crippen LogP contribution in [0.15, 0.2) is 16.7 Å². The molecule has 21 heavy (non-hydrogen) atoms. The Morgan fingerprint density at radius 2 is 2.19 bits per heavy atom. The lowest BCUT2D eigenvalue weighted by molar-refractivity contribution is 0.230. The molecule has 0 amide bonds. The third-order valence-corrected chi connectivity index (χ3v) is 2.82. The van der Waals surface area contributed by atoms with E-state index in [1.807, 2.05) is 19.9 Å². The largest absolute Gasteiger partial charge is 0.493 e. The SMILES string of the molecule is COc1cc(-c2noc(CC#N)n2)cc(Cl)c1OC(C)C. The highest BCUT2D eigenvalue weighted by Gasteiger charge is 2.17. The molecule has 0 atom stereocenters. The first-order valence-corrected chi connectivity index (χ1v) is 6.67. The van der Waals surface area contributed by atoms with Crippen LogP contribution in [0.2, 0.25) is 5.02 Å². The summed E-state index contributed by atoms with van der Waals surface area (Å²) in [5, 5.41) is 12.8. The summed E-state index contributed by atoms with van der Waals surface area (Å²) >= 11 is 6.23. The van der Waals surface area contributed by atoms with Gasteiger partial charge in [0.15, 0.2) is 11.5 Å². The average Bonchev–Trinajstić information content (AvgIpc) is 2.89. The molecule has 0 aliphatic heterocycles. The van der Waals surface area contributed by atoms with Gasteiger partial charge in [-0.15, -0.1) is 0 Å². The number of ether oxygens (including phenoxy) is 2. The molecule has 0 aliphatic carbocycles. The maximum Gasteiger partial charge on any atom is 0.241 e. The molecule has 0 saturated heterocycles. The Kier molecular flexibility index (Phi) is 4.66. The number of benzene rings is 1. The van der Waals surface area contributed by atoms with Crippen LogP contribution in [0.5, 0.6) is 11.5 Å². The third kappa shape index (κ3) is 3.44. The summed E-state index contributed by atoms with van der Waals surface area (Å²) < 4.78 is 15.9. The van der Waals surface area contributed by atoms with Gasteiger partial charge >= 0.3 is 0 Å². The Morgan fingerprint density at radius 3 is 2.81 bits per heavy atom. The highest BCUT2D eigenvalue weighted by atomic mass is 35.5. The minimum absolute atomic E-state index is 0.0327. The van der Waals surface area contributed by atoms with E-state index >= 15 is 0 Å². The normalized spacial score (nSPS) is 10.5. The molecule has 0 bridgehead atoms. The van der Waals surface area contributed by atoms with Gasteiger partial charge in [-0.3, -0.25) is 0 Å². The number of hydrogen-bond acceptors (Lipinski definition) is 6. The van der Waals surface area contributed by atoms with E-state index in [0.717, 1.165) is 0 Å². The van der Waals surface area contributed by atoms with Gasteiger partial charge in [0.25, 0.3) is 0 Å². The van der Waals surface area contributed by atoms with Crippen molar-refractivity contribution in [1.82, 2.24) is 10.1 Å². The fourth-order valence-electron chi connectivity index (χ4n) is 1.71. The second-order valence-electron chi connectivity index (χ2n) is 4.50. The lowest BCUT2D eigenvalue weighted by atomic mass is 10.2. The predicted octanol–water partition coefficient (Wildman–Crippen LogP) is 3.25. The average molecular weight is 308 g/mol. The number of aromatic nitrogens is 2. The van der Waals surface area contributed by atoms with Crippen LogP contribution in [0, 0.1) is 11.3 Å². The van der Waals surface area contributed by atoms with E-state index in [1.54, 1.807) is 12.1 Å². The van der Waals surface area contributed by atoms with E-state index in [1.165, 1.54) is 7.11 Å². The zero-order valence-electron chi connectivity index (χ0n) is 11.9. The lowest BCUT2D eigenvalue weighted by Gasteiger charge is -2.15. The van der Waals surface area contributed by atoms with Crippen molar-refractivity contribution in [1.29, 1.82) is 5.26 Å². The smallest absolute Gasteiger partial charge is 0.241 e. The van der Waals surface area contributed by atoms with E-state index in [9.17, 15) is 0 Å². The van der Waals surface area contributed by atoms with Gasteiger partial charge in [0.1, 0.15) is 6.42 Å². The molecule has 0 fully saturated rings. The first-order valence-electron chi connectivity index (χ1n) is 6.29. The second-order valence-corrected chi connectivity index (χ2v) is 4.91. The maximum atomic E-state index is 8.61. The summed E-state index contributed by atoms with van der Waals surface area (Å²) in [7, 11) is 1.53. The van der Waals surface area contributed by atoms with Crippen LogP contribution >= 0.6 is 11.6 Å². The molecule has 7 heteroatoms. The van der Waals surface area contributed by atoms with Gasteiger partial charge < -0.3 is 14.0 Å². The molecular weight excluding hydrogens is 294 g/mol. The monoisotopic (exact) mass is 307 g/mol. The summed E-state index contributed by atoms with van der Waals surface area (Å²) in [6, 6.07) is 5.33. The molecule has 0 radical (unpaired) electrons. The predicted molar refractivity (Wildman–Crippen MR) is 76.4 cm³/mol. The van der Waals surface area contributed by atoms with Crippen LogP contribution in [0.25, 0.3) is 11.4 Å². The van der Waals surface area contributed by atoms with E-state index in [2.05, 4.69) is 10.1 Å². The van der Waals surface area contributed by atoms with Crippen molar-refractivity contribution in [3.8, 4) is 29.0 Å². The van der Waals surface area contributed by atoms with Gasteiger partial charge in [0.05, 0.1) is 24.3 Å². The van der Waals surface area contributed by atoms with Crippen LogP contribution in [0.1, 0.15) is 19.7 Å². The topological polar surface area (TPSA) is 81.2 Å². The van der Waals surface area contributed by atoms with Gasteiger partial charge in [-0.25, -0.2) is 0 Å². The molecule has 0 spiro atoms. The number of halogens is 1. The Bertz CT molecular complexity index is 677. The van der Waals surface area contributed by atoms with Gasteiger partial charge in [-0.1, -0.05) is 16.8 Å². The molecule has 2 rings (SSSR count). The van der Waals surface area contributed by atoms with Gasteiger partial charge in [0, 0.05) is 5.56 Å². The van der Waals surface area contributed by atoms with Crippen molar-refractivity contribution in [2.45, 2.75) is 26.4 Å². The second kappa shape index (κ2) is 6.46. The Hall–Kier alpha value is -2.26. The number of hydrogen-bond donors (Lipinski definition) is 0. The molecule has 0 N–H and O–H groups in total. The van der Waals surface area contributed by atoms with Gasteiger partial charge in [0.2, 0.25) is 11.7 Å². The summed E-state index contributed by atoms with van der Waals surface area (Å²) in [6.45, 7) is 3.80. The maximum absolute atomic E-state index is 8.61. The van der Waals surface area contributed by atoms with Gasteiger partial charge in [-0.05, 0) is 26.0 Å². The van der Waals surface area contributed by atoms with E-state index in [4.69, 9.17) is 30.9 Å². The van der Waals surface area contributed by atoms with Crippen LogP contribution in [-0.2, 0) is 6.42 Å². The highest BCUT2D eigenvalue weighted by molar-refractivity contribution is 6.32. The van der Waals surface area contributed by atoms with Crippen molar-refractivity contribution < 1.29 is 14.0 Å². The first kappa shape index (κ1) is 15.1. The van der Waals surface area contributed by atoms with E-state index < -0.39 is 0 Å². The molecule has 0 saturated carbocycles. The number of nitriles is 1. The fraction of sp³-hybridized carbons (Fsp3) is 0.357. The van der Waals surface area contributed by atoms with E-state index in [-0.39, 0.29) is 18.4 Å². The van der Waals surface area contributed by atoms with Crippen molar-refractivity contribution >= 4 is 11.6 Å². The number of rotatable bonds is 5.